The Morgan fingerprint density at radius 3 is 2.65 bits per heavy atom. The molecule has 0 bridgehead atoms. The Morgan fingerprint density at radius 1 is 1.09 bits per heavy atom. The van der Waals surface area contributed by atoms with E-state index in [-0.39, 0.29) is 42.0 Å². The van der Waals surface area contributed by atoms with Crippen LogP contribution in [0.2, 0.25) is 0 Å². The molecular formula is C24H25N5O5. The SMILES string of the molecule is NCc1cccc(NCCCC(=O)Nc2cccc3c2C(=O)N(C2CCC(=O)NC2=O)C3=O)c1. The molecule has 2 aliphatic heterocycles. The zero-order valence-electron chi connectivity index (χ0n) is 18.4. The third kappa shape index (κ3) is 4.67. The average Bonchev–Trinajstić information content (AvgIpc) is 3.08. The number of nitrogens with zero attached hydrogens (tertiary/aromatic N) is 1. The summed E-state index contributed by atoms with van der Waals surface area (Å²) >= 11 is 0. The molecule has 176 valence electrons. The van der Waals surface area contributed by atoms with Crippen molar-refractivity contribution >= 4 is 40.9 Å². The second-order valence-corrected chi connectivity index (χ2v) is 8.16. The number of carbonyl (C=O) groups is 5. The Hall–Kier alpha value is -4.05. The van der Waals surface area contributed by atoms with Gasteiger partial charge in [-0.2, -0.15) is 0 Å². The maximum atomic E-state index is 13.1. The van der Waals surface area contributed by atoms with Crippen LogP contribution in [-0.2, 0) is 20.9 Å². The van der Waals surface area contributed by atoms with Crippen LogP contribution in [0, 0.1) is 0 Å². The summed E-state index contributed by atoms with van der Waals surface area (Å²) in [6.07, 6.45) is 0.853. The smallest absolute Gasteiger partial charge is 0.264 e. The fraction of sp³-hybridized carbons (Fsp3) is 0.292. The van der Waals surface area contributed by atoms with Crippen LogP contribution in [0.1, 0.15) is 52.0 Å². The van der Waals surface area contributed by atoms with Crippen molar-refractivity contribution in [3.05, 3.63) is 59.2 Å². The molecule has 10 nitrogen and oxygen atoms in total. The van der Waals surface area contributed by atoms with Gasteiger partial charge in [0.2, 0.25) is 17.7 Å². The topological polar surface area (TPSA) is 151 Å². The second kappa shape index (κ2) is 9.84. The zero-order chi connectivity index (χ0) is 24.2. The number of piperidine rings is 1. The normalized spacial score (nSPS) is 17.4. The summed E-state index contributed by atoms with van der Waals surface area (Å²) in [6, 6.07) is 11.3. The fourth-order valence-electron chi connectivity index (χ4n) is 4.12. The number of amides is 5. The summed E-state index contributed by atoms with van der Waals surface area (Å²) < 4.78 is 0. The largest absolute Gasteiger partial charge is 0.385 e. The molecule has 4 rings (SSSR count). The van der Waals surface area contributed by atoms with E-state index in [1.54, 1.807) is 12.1 Å². The number of rotatable bonds is 8. The van der Waals surface area contributed by atoms with Gasteiger partial charge in [0, 0.05) is 31.6 Å². The van der Waals surface area contributed by atoms with Crippen LogP contribution in [0.5, 0.6) is 0 Å². The van der Waals surface area contributed by atoms with Gasteiger partial charge in [-0.05, 0) is 42.7 Å². The number of hydrogen-bond donors (Lipinski definition) is 4. The van der Waals surface area contributed by atoms with E-state index in [1.807, 2.05) is 24.3 Å². The third-order valence-corrected chi connectivity index (χ3v) is 5.81. The maximum Gasteiger partial charge on any atom is 0.264 e. The van der Waals surface area contributed by atoms with Gasteiger partial charge in [0.25, 0.3) is 11.8 Å². The molecule has 10 heteroatoms. The molecule has 2 aromatic rings. The van der Waals surface area contributed by atoms with E-state index in [0.717, 1.165) is 16.2 Å². The zero-order valence-corrected chi connectivity index (χ0v) is 18.4. The predicted molar refractivity (Wildman–Crippen MR) is 124 cm³/mol. The highest BCUT2D eigenvalue weighted by Gasteiger charge is 2.45. The molecule has 0 saturated carbocycles. The van der Waals surface area contributed by atoms with Crippen molar-refractivity contribution < 1.29 is 24.0 Å². The summed E-state index contributed by atoms with van der Waals surface area (Å²) in [5.74, 6) is -2.69. The standard InChI is InChI=1S/C24H25N5O5/c25-13-14-4-1-5-15(12-14)26-11-3-8-19(30)27-17-7-2-6-16-21(17)24(34)29(23(16)33)18-9-10-20(31)28-22(18)32/h1-2,4-7,12,18,26H,3,8-11,13,25H2,(H,27,30)(H,28,31,32). The van der Waals surface area contributed by atoms with Crippen molar-refractivity contribution in [2.45, 2.75) is 38.3 Å². The highest BCUT2D eigenvalue weighted by molar-refractivity contribution is 6.26. The van der Waals surface area contributed by atoms with Crippen LogP contribution < -0.4 is 21.7 Å². The average molecular weight is 463 g/mol. The van der Waals surface area contributed by atoms with Gasteiger partial charge in [-0.25, -0.2) is 0 Å². The van der Waals surface area contributed by atoms with E-state index in [4.69, 9.17) is 5.73 Å². The molecule has 5 amide bonds. The minimum absolute atomic E-state index is 0.0396. The number of carbonyl (C=O) groups excluding carboxylic acids is 5. The molecule has 0 aromatic heterocycles. The first-order chi connectivity index (χ1) is 16.4. The van der Waals surface area contributed by atoms with Crippen molar-refractivity contribution in [2.24, 2.45) is 5.73 Å². The highest BCUT2D eigenvalue weighted by Crippen LogP contribution is 2.32. The van der Waals surface area contributed by atoms with E-state index in [9.17, 15) is 24.0 Å². The number of hydrogen-bond acceptors (Lipinski definition) is 7. The molecular weight excluding hydrogens is 438 g/mol. The van der Waals surface area contributed by atoms with Gasteiger partial charge in [-0.3, -0.25) is 34.2 Å². The first kappa shape index (κ1) is 23.1. The summed E-state index contributed by atoms with van der Waals surface area (Å²) in [5, 5.41) is 8.12. The summed E-state index contributed by atoms with van der Waals surface area (Å²) in [6.45, 7) is 1.01. The lowest BCUT2D eigenvalue weighted by molar-refractivity contribution is -0.136. The lowest BCUT2D eigenvalue weighted by Gasteiger charge is -2.27. The molecule has 1 unspecified atom stereocenters. The van der Waals surface area contributed by atoms with Crippen LogP contribution in [0.4, 0.5) is 11.4 Å². The summed E-state index contributed by atoms with van der Waals surface area (Å²) in [5.41, 5.74) is 7.97. The molecule has 2 aliphatic rings. The molecule has 2 aromatic carbocycles. The predicted octanol–water partition coefficient (Wildman–Crippen LogP) is 1.38. The minimum Gasteiger partial charge on any atom is -0.385 e. The molecule has 1 atom stereocenters. The number of imide groups is 2. The van der Waals surface area contributed by atoms with Gasteiger partial charge in [-0.15, -0.1) is 0 Å². The maximum absolute atomic E-state index is 13.1. The van der Waals surface area contributed by atoms with E-state index in [1.165, 1.54) is 6.07 Å². The number of nitrogens with two attached hydrogens (primary N) is 1. The van der Waals surface area contributed by atoms with Gasteiger partial charge in [0.1, 0.15) is 6.04 Å². The van der Waals surface area contributed by atoms with Crippen molar-refractivity contribution in [1.29, 1.82) is 0 Å². The fourth-order valence-corrected chi connectivity index (χ4v) is 4.12. The lowest BCUT2D eigenvalue weighted by atomic mass is 10.0. The van der Waals surface area contributed by atoms with Gasteiger partial charge in [0.05, 0.1) is 16.8 Å². The van der Waals surface area contributed by atoms with Crippen LogP contribution in [0.25, 0.3) is 0 Å². The number of anilines is 2. The van der Waals surface area contributed by atoms with Crippen molar-refractivity contribution in [3.63, 3.8) is 0 Å². The van der Waals surface area contributed by atoms with Gasteiger partial charge in [0.15, 0.2) is 0 Å². The molecule has 5 N–H and O–H groups in total. The van der Waals surface area contributed by atoms with Crippen molar-refractivity contribution in [1.82, 2.24) is 10.2 Å². The number of nitrogens with one attached hydrogen (secondary N) is 3. The van der Waals surface area contributed by atoms with Crippen LogP contribution in [0.3, 0.4) is 0 Å². The lowest BCUT2D eigenvalue weighted by Crippen LogP contribution is -2.54. The molecule has 2 heterocycles. The van der Waals surface area contributed by atoms with Gasteiger partial charge < -0.3 is 16.4 Å². The molecule has 1 fully saturated rings. The Labute approximate surface area is 195 Å². The van der Waals surface area contributed by atoms with Gasteiger partial charge >= 0.3 is 0 Å². The highest BCUT2D eigenvalue weighted by atomic mass is 16.2. The molecule has 34 heavy (non-hydrogen) atoms. The first-order valence-electron chi connectivity index (χ1n) is 11.1. The van der Waals surface area contributed by atoms with Crippen molar-refractivity contribution in [2.75, 3.05) is 17.2 Å². The Kier molecular flexibility index (Phi) is 6.69. The summed E-state index contributed by atoms with van der Waals surface area (Å²) in [4.78, 5) is 63.0. The quantitative estimate of drug-likeness (QED) is 0.341. The number of fused-ring (bicyclic) bond motifs is 1. The molecule has 0 radical (unpaired) electrons. The third-order valence-electron chi connectivity index (χ3n) is 5.81. The van der Waals surface area contributed by atoms with Crippen LogP contribution in [-0.4, -0.2) is 47.0 Å². The molecule has 1 saturated heterocycles. The van der Waals surface area contributed by atoms with Crippen LogP contribution in [0.15, 0.2) is 42.5 Å². The monoisotopic (exact) mass is 463 g/mol. The van der Waals surface area contributed by atoms with E-state index >= 15 is 0 Å². The Balaban J connectivity index is 1.38. The van der Waals surface area contributed by atoms with Crippen LogP contribution >= 0.6 is 0 Å². The van der Waals surface area contributed by atoms with Crippen molar-refractivity contribution in [3.8, 4) is 0 Å². The first-order valence-corrected chi connectivity index (χ1v) is 11.1. The Bertz CT molecular complexity index is 1180. The van der Waals surface area contributed by atoms with E-state index < -0.39 is 29.7 Å². The second-order valence-electron chi connectivity index (χ2n) is 8.16. The number of benzene rings is 2. The van der Waals surface area contributed by atoms with E-state index in [2.05, 4.69) is 16.0 Å². The minimum atomic E-state index is -1.06. The molecule has 0 aliphatic carbocycles. The van der Waals surface area contributed by atoms with E-state index in [0.29, 0.717) is 19.5 Å². The van der Waals surface area contributed by atoms with Gasteiger partial charge in [-0.1, -0.05) is 18.2 Å². The molecule has 0 spiro atoms. The summed E-state index contributed by atoms with van der Waals surface area (Å²) in [7, 11) is 0. The Morgan fingerprint density at radius 2 is 1.88 bits per heavy atom.